The molecule has 0 amide bonds. The maximum atomic E-state index is 6.17. The van der Waals surface area contributed by atoms with Gasteiger partial charge >= 0.3 is 0 Å². The number of rotatable bonds is 4. The Bertz CT molecular complexity index is 755. The van der Waals surface area contributed by atoms with Crippen LogP contribution < -0.4 is 14.8 Å². The van der Waals surface area contributed by atoms with Gasteiger partial charge in [-0.3, -0.25) is 0 Å². The average Bonchev–Trinajstić information content (AvgIpc) is 2.89. The van der Waals surface area contributed by atoms with Crippen molar-refractivity contribution >= 4 is 44.0 Å². The number of aromatic nitrogens is 1. The van der Waals surface area contributed by atoms with E-state index in [9.17, 15) is 0 Å². The monoisotopic (exact) mass is 320 g/mol. The summed E-state index contributed by atoms with van der Waals surface area (Å²) in [7, 11) is 3.17. The van der Waals surface area contributed by atoms with E-state index in [2.05, 4.69) is 10.3 Å². The normalized spacial score (nSPS) is 10.6. The van der Waals surface area contributed by atoms with Crippen LogP contribution >= 0.6 is 22.9 Å². The predicted octanol–water partition coefficient (Wildman–Crippen LogP) is 4.71. The highest BCUT2D eigenvalue weighted by molar-refractivity contribution is 7.22. The van der Waals surface area contributed by atoms with Crippen molar-refractivity contribution in [2.24, 2.45) is 0 Å². The van der Waals surface area contributed by atoms with Gasteiger partial charge in [0.1, 0.15) is 11.5 Å². The molecule has 0 radical (unpaired) electrons. The molecule has 3 aromatic rings. The lowest BCUT2D eigenvalue weighted by molar-refractivity contribution is 0.396. The number of methoxy groups -OCH3 is 2. The van der Waals surface area contributed by atoms with Crippen LogP contribution in [0, 0.1) is 0 Å². The Kier molecular flexibility index (Phi) is 3.86. The molecule has 0 fully saturated rings. The minimum atomic E-state index is 0.516. The van der Waals surface area contributed by atoms with Crippen molar-refractivity contribution < 1.29 is 9.47 Å². The number of ether oxygens (including phenoxy) is 2. The van der Waals surface area contributed by atoms with E-state index in [1.165, 1.54) is 0 Å². The molecule has 1 aromatic heterocycles. The van der Waals surface area contributed by atoms with Gasteiger partial charge in [-0.1, -0.05) is 35.1 Å². The number of thiazole rings is 1. The first-order valence-corrected chi connectivity index (χ1v) is 7.45. The molecule has 21 heavy (non-hydrogen) atoms. The number of hydrogen-bond acceptors (Lipinski definition) is 5. The van der Waals surface area contributed by atoms with Gasteiger partial charge in [-0.05, 0) is 18.2 Å². The van der Waals surface area contributed by atoms with Crippen molar-refractivity contribution in [1.29, 1.82) is 0 Å². The van der Waals surface area contributed by atoms with Gasteiger partial charge in [-0.15, -0.1) is 0 Å². The van der Waals surface area contributed by atoms with Crippen molar-refractivity contribution in [1.82, 2.24) is 4.98 Å². The van der Waals surface area contributed by atoms with E-state index in [-0.39, 0.29) is 0 Å². The van der Waals surface area contributed by atoms with Crippen LogP contribution in [0.3, 0.4) is 0 Å². The molecule has 0 saturated heterocycles. The zero-order chi connectivity index (χ0) is 14.8. The van der Waals surface area contributed by atoms with Crippen LogP contribution in [0.25, 0.3) is 10.2 Å². The van der Waals surface area contributed by atoms with E-state index in [0.29, 0.717) is 16.5 Å². The van der Waals surface area contributed by atoms with E-state index >= 15 is 0 Å². The SMILES string of the molecule is COc1cc(OC)c(Nc2nc3ccccc3s2)cc1Cl. The molecule has 2 aromatic carbocycles. The Morgan fingerprint density at radius 1 is 1.10 bits per heavy atom. The zero-order valence-corrected chi connectivity index (χ0v) is 13.1. The number of fused-ring (bicyclic) bond motifs is 1. The summed E-state index contributed by atoms with van der Waals surface area (Å²) in [5, 5.41) is 4.55. The lowest BCUT2D eigenvalue weighted by Gasteiger charge is -2.12. The second-order valence-corrected chi connectivity index (χ2v) is 5.74. The maximum Gasteiger partial charge on any atom is 0.188 e. The van der Waals surface area contributed by atoms with Gasteiger partial charge in [-0.25, -0.2) is 4.98 Å². The molecule has 108 valence electrons. The molecule has 1 N–H and O–H groups in total. The summed E-state index contributed by atoms with van der Waals surface area (Å²) in [5.41, 5.74) is 1.71. The van der Waals surface area contributed by atoms with Gasteiger partial charge in [0, 0.05) is 6.07 Å². The van der Waals surface area contributed by atoms with Gasteiger partial charge in [0.05, 0.1) is 35.1 Å². The fourth-order valence-electron chi connectivity index (χ4n) is 2.00. The first-order valence-electron chi connectivity index (χ1n) is 6.25. The van der Waals surface area contributed by atoms with Crippen molar-refractivity contribution in [2.45, 2.75) is 0 Å². The number of nitrogens with zero attached hydrogens (tertiary/aromatic N) is 1. The highest BCUT2D eigenvalue weighted by atomic mass is 35.5. The van der Waals surface area contributed by atoms with Crippen LogP contribution in [0.4, 0.5) is 10.8 Å². The Hall–Kier alpha value is -1.98. The third kappa shape index (κ3) is 2.75. The summed E-state index contributed by atoms with van der Waals surface area (Å²) < 4.78 is 11.7. The van der Waals surface area contributed by atoms with E-state index in [1.807, 2.05) is 24.3 Å². The van der Waals surface area contributed by atoms with E-state index in [0.717, 1.165) is 21.0 Å². The summed E-state index contributed by atoms with van der Waals surface area (Å²) in [5.74, 6) is 1.22. The van der Waals surface area contributed by atoms with E-state index in [4.69, 9.17) is 21.1 Å². The highest BCUT2D eigenvalue weighted by Crippen LogP contribution is 2.38. The molecule has 6 heteroatoms. The number of para-hydroxylation sites is 1. The maximum absolute atomic E-state index is 6.17. The predicted molar refractivity (Wildman–Crippen MR) is 87.5 cm³/mol. The second kappa shape index (κ2) is 5.79. The molecular formula is C15H13ClN2O2S. The van der Waals surface area contributed by atoms with Crippen LogP contribution in [0.2, 0.25) is 5.02 Å². The summed E-state index contributed by atoms with van der Waals surface area (Å²) in [6.45, 7) is 0. The van der Waals surface area contributed by atoms with E-state index < -0.39 is 0 Å². The van der Waals surface area contributed by atoms with Gasteiger partial charge in [-0.2, -0.15) is 0 Å². The summed E-state index contributed by atoms with van der Waals surface area (Å²) in [4.78, 5) is 4.53. The minimum Gasteiger partial charge on any atom is -0.495 e. The van der Waals surface area contributed by atoms with Crippen LogP contribution in [0.5, 0.6) is 11.5 Å². The molecule has 0 spiro atoms. The Morgan fingerprint density at radius 2 is 1.86 bits per heavy atom. The first-order chi connectivity index (χ1) is 10.2. The molecule has 0 atom stereocenters. The van der Waals surface area contributed by atoms with Crippen molar-refractivity contribution in [3.05, 3.63) is 41.4 Å². The molecular weight excluding hydrogens is 308 g/mol. The van der Waals surface area contributed by atoms with Crippen molar-refractivity contribution in [2.75, 3.05) is 19.5 Å². The lowest BCUT2D eigenvalue weighted by Crippen LogP contribution is -1.96. The number of benzene rings is 2. The van der Waals surface area contributed by atoms with E-state index in [1.54, 1.807) is 37.7 Å². The average molecular weight is 321 g/mol. The van der Waals surface area contributed by atoms with Crippen LogP contribution in [0.15, 0.2) is 36.4 Å². The molecule has 0 aliphatic heterocycles. The zero-order valence-electron chi connectivity index (χ0n) is 11.5. The smallest absolute Gasteiger partial charge is 0.188 e. The Morgan fingerprint density at radius 3 is 2.57 bits per heavy atom. The molecule has 1 heterocycles. The second-order valence-electron chi connectivity index (χ2n) is 4.30. The summed E-state index contributed by atoms with van der Waals surface area (Å²) >= 11 is 7.74. The third-order valence-corrected chi connectivity index (χ3v) is 4.26. The van der Waals surface area contributed by atoms with Gasteiger partial charge < -0.3 is 14.8 Å². The number of nitrogens with one attached hydrogen (secondary N) is 1. The quantitative estimate of drug-likeness (QED) is 0.756. The topological polar surface area (TPSA) is 43.4 Å². The molecule has 4 nitrogen and oxygen atoms in total. The number of hydrogen-bond donors (Lipinski definition) is 1. The van der Waals surface area contributed by atoms with Crippen LogP contribution in [0.1, 0.15) is 0 Å². The molecule has 0 saturated carbocycles. The fourth-order valence-corrected chi connectivity index (χ4v) is 3.12. The van der Waals surface area contributed by atoms with Crippen LogP contribution in [-0.2, 0) is 0 Å². The highest BCUT2D eigenvalue weighted by Gasteiger charge is 2.12. The van der Waals surface area contributed by atoms with Crippen LogP contribution in [-0.4, -0.2) is 19.2 Å². The third-order valence-electron chi connectivity index (χ3n) is 3.01. The molecule has 0 aliphatic rings. The number of halogens is 1. The summed E-state index contributed by atoms with van der Waals surface area (Å²) in [6.07, 6.45) is 0. The standard InChI is InChI=1S/C15H13ClN2O2S/c1-19-12-8-13(20-2)11(7-9(12)16)18-15-17-10-5-3-4-6-14(10)21-15/h3-8H,1-2H3,(H,17,18). The van der Waals surface area contributed by atoms with Gasteiger partial charge in [0.25, 0.3) is 0 Å². The lowest BCUT2D eigenvalue weighted by atomic mass is 10.2. The molecule has 0 aliphatic carbocycles. The largest absolute Gasteiger partial charge is 0.495 e. The van der Waals surface area contributed by atoms with Gasteiger partial charge in [0.15, 0.2) is 5.13 Å². The van der Waals surface area contributed by atoms with Crippen molar-refractivity contribution in [3.8, 4) is 11.5 Å². The molecule has 0 bridgehead atoms. The van der Waals surface area contributed by atoms with Crippen molar-refractivity contribution in [3.63, 3.8) is 0 Å². The fraction of sp³-hybridized carbons (Fsp3) is 0.133. The number of anilines is 2. The minimum absolute atomic E-state index is 0.516. The molecule has 0 unspecified atom stereocenters. The molecule has 3 rings (SSSR count). The first kappa shape index (κ1) is 14.0. The Labute approximate surface area is 131 Å². The van der Waals surface area contributed by atoms with Gasteiger partial charge in [0.2, 0.25) is 0 Å². The summed E-state index contributed by atoms with van der Waals surface area (Å²) in [6, 6.07) is 11.5. The Balaban J connectivity index is 1.98.